The van der Waals surface area contributed by atoms with E-state index in [0.717, 1.165) is 36.1 Å². The van der Waals surface area contributed by atoms with Crippen molar-refractivity contribution >= 4 is 23.5 Å². The van der Waals surface area contributed by atoms with Gasteiger partial charge in [0.2, 0.25) is 5.91 Å². The number of benzene rings is 1. The lowest BCUT2D eigenvalue weighted by atomic mass is 10.1. The molecule has 3 aromatic rings. The van der Waals surface area contributed by atoms with E-state index < -0.39 is 0 Å². The summed E-state index contributed by atoms with van der Waals surface area (Å²) in [7, 11) is 0. The van der Waals surface area contributed by atoms with Gasteiger partial charge in [-0.1, -0.05) is 71.1 Å². The molecule has 1 amide bonds. The lowest BCUT2D eigenvalue weighted by Gasteiger charge is -2.06. The number of H-pyrrole nitrogens is 1. The summed E-state index contributed by atoms with van der Waals surface area (Å²) in [6.07, 6.45) is 15.4. The first-order valence-electron chi connectivity index (χ1n) is 12.4. The highest BCUT2D eigenvalue weighted by atomic mass is 16.1. The van der Waals surface area contributed by atoms with Gasteiger partial charge in [-0.05, 0) is 37.6 Å². The highest BCUT2D eigenvalue weighted by Crippen LogP contribution is 2.21. The molecule has 0 aliphatic rings. The van der Waals surface area contributed by atoms with E-state index in [1.807, 2.05) is 31.2 Å². The Morgan fingerprint density at radius 2 is 1.58 bits per heavy atom. The summed E-state index contributed by atoms with van der Waals surface area (Å²) in [5.74, 6) is 0.585. The number of nitrogens with zero attached hydrogens (tertiary/aromatic N) is 3. The summed E-state index contributed by atoms with van der Waals surface area (Å²) in [5.41, 5.74) is 3.36. The SMILES string of the molecule is CCCCCCCCCCCCCC(=O)Nc1ccc(-c2nc3c(C=O)c(C)[nH]n3n2)cc1. The molecule has 0 radical (unpaired) electrons. The van der Waals surface area contributed by atoms with Crippen molar-refractivity contribution in [3.63, 3.8) is 0 Å². The molecule has 0 aliphatic heterocycles. The summed E-state index contributed by atoms with van der Waals surface area (Å²) >= 11 is 0. The molecular formula is C26H37N5O2. The molecule has 33 heavy (non-hydrogen) atoms. The third-order valence-corrected chi connectivity index (χ3v) is 6.08. The van der Waals surface area contributed by atoms with Gasteiger partial charge >= 0.3 is 0 Å². The van der Waals surface area contributed by atoms with Crippen molar-refractivity contribution in [2.75, 3.05) is 5.32 Å². The van der Waals surface area contributed by atoms with Crippen molar-refractivity contribution in [3.8, 4) is 11.4 Å². The van der Waals surface area contributed by atoms with Crippen molar-refractivity contribution in [3.05, 3.63) is 35.5 Å². The Morgan fingerprint density at radius 1 is 0.970 bits per heavy atom. The van der Waals surface area contributed by atoms with E-state index in [2.05, 4.69) is 27.4 Å². The van der Waals surface area contributed by atoms with Crippen molar-refractivity contribution in [2.45, 2.75) is 90.9 Å². The number of nitrogens with one attached hydrogen (secondary N) is 2. The summed E-state index contributed by atoms with van der Waals surface area (Å²) in [6.45, 7) is 4.07. The Bertz CT molecular complexity index is 1020. The zero-order chi connectivity index (χ0) is 23.5. The number of amides is 1. The van der Waals surface area contributed by atoms with Crippen molar-refractivity contribution in [2.24, 2.45) is 0 Å². The summed E-state index contributed by atoms with van der Waals surface area (Å²) in [5, 5.41) is 10.4. The molecule has 2 aromatic heterocycles. The first-order valence-corrected chi connectivity index (χ1v) is 12.4. The number of aryl methyl sites for hydroxylation is 1. The average molecular weight is 452 g/mol. The molecule has 0 atom stereocenters. The molecule has 7 heteroatoms. The van der Waals surface area contributed by atoms with Crippen LogP contribution in [0.25, 0.3) is 17.0 Å². The van der Waals surface area contributed by atoms with Gasteiger partial charge in [0.05, 0.1) is 5.56 Å². The summed E-state index contributed by atoms with van der Waals surface area (Å²) in [4.78, 5) is 27.9. The maximum Gasteiger partial charge on any atom is 0.224 e. The number of anilines is 1. The van der Waals surface area contributed by atoms with Gasteiger partial charge in [-0.2, -0.15) is 4.63 Å². The molecule has 0 bridgehead atoms. The van der Waals surface area contributed by atoms with E-state index in [0.29, 0.717) is 23.5 Å². The highest BCUT2D eigenvalue weighted by Gasteiger charge is 2.14. The fraction of sp³-hybridized carbons (Fsp3) is 0.538. The van der Waals surface area contributed by atoms with Crippen LogP contribution in [0.4, 0.5) is 5.69 Å². The molecular weight excluding hydrogens is 414 g/mol. The van der Waals surface area contributed by atoms with Crippen LogP contribution in [-0.4, -0.2) is 32.0 Å². The molecule has 0 saturated carbocycles. The van der Waals surface area contributed by atoms with Gasteiger partial charge in [0.15, 0.2) is 17.8 Å². The van der Waals surface area contributed by atoms with Gasteiger partial charge in [-0.15, -0.1) is 5.10 Å². The summed E-state index contributed by atoms with van der Waals surface area (Å²) < 4.78 is 1.51. The Morgan fingerprint density at radius 3 is 2.18 bits per heavy atom. The average Bonchev–Trinajstić information content (AvgIpc) is 3.34. The van der Waals surface area contributed by atoms with Crippen molar-refractivity contribution < 1.29 is 9.59 Å². The van der Waals surface area contributed by atoms with Crippen LogP contribution >= 0.6 is 0 Å². The molecule has 178 valence electrons. The van der Waals surface area contributed by atoms with Crippen LogP contribution in [-0.2, 0) is 4.79 Å². The monoisotopic (exact) mass is 451 g/mol. The number of aromatic nitrogens is 4. The van der Waals surface area contributed by atoms with Gasteiger partial charge in [0.25, 0.3) is 0 Å². The van der Waals surface area contributed by atoms with Crippen molar-refractivity contribution in [1.82, 2.24) is 19.8 Å². The van der Waals surface area contributed by atoms with Gasteiger partial charge < -0.3 is 5.32 Å². The number of hydrogen-bond donors (Lipinski definition) is 2. The van der Waals surface area contributed by atoms with Crippen LogP contribution in [0.15, 0.2) is 24.3 Å². The first-order chi connectivity index (χ1) is 16.1. The molecule has 0 saturated heterocycles. The number of aldehydes is 1. The van der Waals surface area contributed by atoms with Crippen LogP contribution in [0, 0.1) is 6.92 Å². The minimum absolute atomic E-state index is 0.0539. The van der Waals surface area contributed by atoms with E-state index in [4.69, 9.17) is 0 Å². The zero-order valence-corrected chi connectivity index (χ0v) is 20.0. The smallest absolute Gasteiger partial charge is 0.224 e. The van der Waals surface area contributed by atoms with E-state index in [1.165, 1.54) is 62.4 Å². The summed E-state index contributed by atoms with van der Waals surface area (Å²) in [6, 6.07) is 7.46. The van der Waals surface area contributed by atoms with E-state index >= 15 is 0 Å². The van der Waals surface area contributed by atoms with Crippen LogP contribution in [0.2, 0.25) is 0 Å². The van der Waals surface area contributed by atoms with Gasteiger partial charge in [0.1, 0.15) is 0 Å². The molecule has 1 aromatic carbocycles. The van der Waals surface area contributed by atoms with Crippen LogP contribution in [0.1, 0.15) is 100 Å². The third kappa shape index (κ3) is 7.27. The number of carbonyl (C=O) groups is 2. The molecule has 2 N–H and O–H groups in total. The lowest BCUT2D eigenvalue weighted by Crippen LogP contribution is -2.10. The van der Waals surface area contributed by atoms with Gasteiger partial charge in [-0.25, -0.2) is 4.98 Å². The standard InChI is InChI=1S/C26H37N5O2/c1-3-4-5-6-7-8-9-10-11-12-13-14-24(33)27-22-17-15-21(16-18-22)25-28-26-23(19-32)20(2)29-31(26)30-25/h15-19,29H,3-14H2,1-2H3,(H,27,33). The molecule has 2 heterocycles. The minimum atomic E-state index is 0.0539. The second-order valence-electron chi connectivity index (χ2n) is 8.85. The second-order valence-corrected chi connectivity index (χ2v) is 8.85. The number of carbonyl (C=O) groups excluding carboxylic acids is 2. The minimum Gasteiger partial charge on any atom is -0.326 e. The highest BCUT2D eigenvalue weighted by molar-refractivity contribution is 5.91. The number of fused-ring (bicyclic) bond motifs is 1. The van der Waals surface area contributed by atoms with Crippen molar-refractivity contribution in [1.29, 1.82) is 0 Å². The van der Waals surface area contributed by atoms with E-state index in [-0.39, 0.29) is 5.91 Å². The topological polar surface area (TPSA) is 92.1 Å². The Labute approximate surface area is 196 Å². The molecule has 3 rings (SSSR count). The predicted molar refractivity (Wildman–Crippen MR) is 133 cm³/mol. The van der Waals surface area contributed by atoms with E-state index in [9.17, 15) is 9.59 Å². The fourth-order valence-corrected chi connectivity index (χ4v) is 4.09. The van der Waals surface area contributed by atoms with E-state index in [1.54, 1.807) is 0 Å². The second kappa shape index (κ2) is 12.9. The lowest BCUT2D eigenvalue weighted by molar-refractivity contribution is -0.116. The Kier molecular flexibility index (Phi) is 9.66. The molecule has 7 nitrogen and oxygen atoms in total. The Hall–Kier alpha value is -2.96. The van der Waals surface area contributed by atoms with Crippen LogP contribution < -0.4 is 5.32 Å². The first kappa shape index (κ1) is 24.7. The molecule has 0 unspecified atom stereocenters. The molecule has 0 aliphatic carbocycles. The Balaban J connectivity index is 1.34. The zero-order valence-electron chi connectivity index (χ0n) is 20.0. The number of hydrogen-bond acceptors (Lipinski definition) is 4. The van der Waals surface area contributed by atoms with Gasteiger partial charge in [-0.3, -0.25) is 14.7 Å². The quantitative estimate of drug-likeness (QED) is 0.204. The molecule has 0 fully saturated rings. The van der Waals surface area contributed by atoms with Crippen LogP contribution in [0.5, 0.6) is 0 Å². The number of rotatable bonds is 15. The third-order valence-electron chi connectivity index (χ3n) is 6.08. The maximum absolute atomic E-state index is 12.2. The largest absolute Gasteiger partial charge is 0.326 e. The normalized spacial score (nSPS) is 11.2. The number of unbranched alkanes of at least 4 members (excludes halogenated alkanes) is 10. The fourth-order valence-electron chi connectivity index (χ4n) is 4.09. The molecule has 0 spiro atoms. The maximum atomic E-state index is 12.2. The van der Waals surface area contributed by atoms with Gasteiger partial charge in [0, 0.05) is 23.4 Å². The predicted octanol–water partition coefficient (Wildman–Crippen LogP) is 6.48. The number of aromatic amines is 1. The van der Waals surface area contributed by atoms with Crippen LogP contribution in [0.3, 0.4) is 0 Å².